The molecule has 1 amide bonds. The molecule has 1 N–H and O–H groups in total. The van der Waals surface area contributed by atoms with Crippen LogP contribution in [-0.2, 0) is 11.2 Å². The lowest BCUT2D eigenvalue weighted by Gasteiger charge is -2.09. The Morgan fingerprint density at radius 3 is 2.67 bits per heavy atom. The molecule has 0 unspecified atom stereocenters. The van der Waals surface area contributed by atoms with E-state index in [0.29, 0.717) is 29.8 Å². The Kier molecular flexibility index (Phi) is 6.29. The van der Waals surface area contributed by atoms with Crippen molar-refractivity contribution in [3.8, 4) is 23.2 Å². The van der Waals surface area contributed by atoms with Crippen LogP contribution in [0.25, 0.3) is 28.0 Å². The van der Waals surface area contributed by atoms with Gasteiger partial charge < -0.3 is 9.73 Å². The largest absolute Gasteiger partial charge is 0.441 e. The Morgan fingerprint density at radius 2 is 1.89 bits per heavy atom. The molecule has 5 aromatic rings. The zero-order chi connectivity index (χ0) is 25.1. The van der Waals surface area contributed by atoms with E-state index < -0.39 is 0 Å². The number of oxazole rings is 1. The first-order valence-electron chi connectivity index (χ1n) is 11.7. The van der Waals surface area contributed by atoms with Gasteiger partial charge in [0.1, 0.15) is 11.6 Å². The van der Waals surface area contributed by atoms with Crippen molar-refractivity contribution in [1.82, 2.24) is 19.7 Å². The summed E-state index contributed by atoms with van der Waals surface area (Å²) in [5.41, 5.74) is 3.24. The number of hydrogen-bond donors (Lipinski definition) is 1. The molecule has 8 heteroatoms. The van der Waals surface area contributed by atoms with Gasteiger partial charge in [0.25, 0.3) is 0 Å². The number of nitrogens with one attached hydrogen (secondary N) is 1. The number of carbonyl (C=O) groups is 1. The molecule has 0 saturated carbocycles. The standard InChI is InChI=1S/C28H24N6O2/c1-18(2)19-7-9-21(10-8-19)24-17-30-27(36-24)14-13-26(35)33-28-22(15-29)16-31-34(28)25-12-11-20-5-3-4-6-23(20)32-25/h3-12,16-18H,13-14H2,1-2H3,(H,33,35). The molecule has 8 nitrogen and oxygen atoms in total. The van der Waals surface area contributed by atoms with Gasteiger partial charge in [0, 0.05) is 23.8 Å². The highest BCUT2D eigenvalue weighted by molar-refractivity contribution is 5.91. The number of nitriles is 1. The van der Waals surface area contributed by atoms with Crippen molar-refractivity contribution < 1.29 is 9.21 Å². The van der Waals surface area contributed by atoms with Crippen LogP contribution in [0, 0.1) is 11.3 Å². The number of amides is 1. The number of pyridine rings is 1. The Balaban J connectivity index is 1.28. The summed E-state index contributed by atoms with van der Waals surface area (Å²) in [7, 11) is 0. The van der Waals surface area contributed by atoms with E-state index in [1.807, 2.05) is 42.5 Å². The molecule has 3 aromatic heterocycles. The van der Waals surface area contributed by atoms with Crippen molar-refractivity contribution in [2.24, 2.45) is 0 Å². The SMILES string of the molecule is CC(C)c1ccc(-c2cnc(CCC(=O)Nc3c(C#N)cnn3-c3ccc4ccccc4n3)o2)cc1. The Bertz CT molecular complexity index is 1570. The Morgan fingerprint density at radius 1 is 1.08 bits per heavy atom. The third-order valence-electron chi connectivity index (χ3n) is 5.93. The zero-order valence-electron chi connectivity index (χ0n) is 20.0. The van der Waals surface area contributed by atoms with E-state index in [2.05, 4.69) is 52.4 Å². The fraction of sp³-hybridized carbons (Fsp3) is 0.179. The van der Waals surface area contributed by atoms with Gasteiger partial charge in [0.05, 0.1) is 17.9 Å². The summed E-state index contributed by atoms with van der Waals surface area (Å²) in [4.78, 5) is 21.7. The predicted octanol–water partition coefficient (Wildman–Crippen LogP) is 5.64. The van der Waals surface area contributed by atoms with Crippen molar-refractivity contribution in [3.05, 3.63) is 90.1 Å². The molecule has 178 valence electrons. The van der Waals surface area contributed by atoms with E-state index in [4.69, 9.17) is 4.42 Å². The van der Waals surface area contributed by atoms with E-state index in [9.17, 15) is 10.1 Å². The molecular weight excluding hydrogens is 452 g/mol. The van der Waals surface area contributed by atoms with Gasteiger partial charge in [-0.1, -0.05) is 56.3 Å². The number of aromatic nitrogens is 4. The second-order valence-corrected chi connectivity index (χ2v) is 8.74. The summed E-state index contributed by atoms with van der Waals surface area (Å²) in [5, 5.41) is 17.6. The predicted molar refractivity (Wildman–Crippen MR) is 137 cm³/mol. The molecule has 3 heterocycles. The van der Waals surface area contributed by atoms with Gasteiger partial charge in [-0.25, -0.2) is 9.97 Å². The third-order valence-corrected chi connectivity index (χ3v) is 5.93. The number of para-hydroxylation sites is 1. The first-order chi connectivity index (χ1) is 17.5. The topological polar surface area (TPSA) is 110 Å². The van der Waals surface area contributed by atoms with Crippen LogP contribution in [0.3, 0.4) is 0 Å². The number of hydrogen-bond acceptors (Lipinski definition) is 6. The average Bonchev–Trinajstić information content (AvgIpc) is 3.54. The number of fused-ring (bicyclic) bond motifs is 1. The van der Waals surface area contributed by atoms with Gasteiger partial charge in [0.2, 0.25) is 5.91 Å². The third kappa shape index (κ3) is 4.72. The van der Waals surface area contributed by atoms with Crippen molar-refractivity contribution in [2.75, 3.05) is 5.32 Å². The van der Waals surface area contributed by atoms with Crippen LogP contribution in [0.1, 0.15) is 43.2 Å². The van der Waals surface area contributed by atoms with Gasteiger partial charge in [-0.15, -0.1) is 0 Å². The van der Waals surface area contributed by atoms with E-state index >= 15 is 0 Å². The molecule has 0 radical (unpaired) electrons. The van der Waals surface area contributed by atoms with Crippen LogP contribution < -0.4 is 5.32 Å². The monoisotopic (exact) mass is 476 g/mol. The lowest BCUT2D eigenvalue weighted by molar-refractivity contribution is -0.116. The normalized spacial score (nSPS) is 11.1. The van der Waals surface area contributed by atoms with Crippen molar-refractivity contribution in [1.29, 1.82) is 5.26 Å². The zero-order valence-corrected chi connectivity index (χ0v) is 20.0. The van der Waals surface area contributed by atoms with E-state index in [0.717, 1.165) is 16.5 Å². The van der Waals surface area contributed by atoms with Crippen LogP contribution >= 0.6 is 0 Å². The fourth-order valence-corrected chi connectivity index (χ4v) is 3.90. The molecule has 0 atom stereocenters. The molecular formula is C28H24N6O2. The van der Waals surface area contributed by atoms with E-state index in [-0.39, 0.29) is 23.7 Å². The number of benzene rings is 2. The molecule has 2 aromatic carbocycles. The first-order valence-corrected chi connectivity index (χ1v) is 11.7. The Labute approximate surface area is 208 Å². The van der Waals surface area contributed by atoms with Crippen LogP contribution in [0.5, 0.6) is 0 Å². The minimum absolute atomic E-state index is 0.132. The highest BCUT2D eigenvalue weighted by Crippen LogP contribution is 2.24. The molecule has 0 bridgehead atoms. The van der Waals surface area contributed by atoms with Gasteiger partial charge >= 0.3 is 0 Å². The molecule has 0 aliphatic carbocycles. The number of anilines is 1. The molecule has 0 saturated heterocycles. The second-order valence-electron chi connectivity index (χ2n) is 8.74. The number of nitrogens with zero attached hydrogens (tertiary/aromatic N) is 5. The summed E-state index contributed by atoms with van der Waals surface area (Å²) in [6.45, 7) is 4.30. The van der Waals surface area contributed by atoms with Crippen molar-refractivity contribution >= 4 is 22.6 Å². The molecule has 5 rings (SSSR count). The van der Waals surface area contributed by atoms with Crippen molar-refractivity contribution in [3.63, 3.8) is 0 Å². The molecule has 0 aliphatic rings. The summed E-state index contributed by atoms with van der Waals surface area (Å²) in [6.07, 6.45) is 3.54. The Hall–Kier alpha value is -4.77. The summed E-state index contributed by atoms with van der Waals surface area (Å²) in [6, 6.07) is 21.7. The van der Waals surface area contributed by atoms with Gasteiger partial charge in [-0.2, -0.15) is 15.0 Å². The van der Waals surface area contributed by atoms with E-state index in [1.54, 1.807) is 12.3 Å². The number of aryl methyl sites for hydroxylation is 1. The van der Waals surface area contributed by atoms with Gasteiger partial charge in [0.15, 0.2) is 23.3 Å². The minimum atomic E-state index is -0.282. The lowest BCUT2D eigenvalue weighted by atomic mass is 10.0. The molecule has 0 aliphatic heterocycles. The molecule has 0 fully saturated rings. The maximum atomic E-state index is 12.8. The van der Waals surface area contributed by atoms with Crippen molar-refractivity contribution in [2.45, 2.75) is 32.6 Å². The highest BCUT2D eigenvalue weighted by atomic mass is 16.4. The lowest BCUT2D eigenvalue weighted by Crippen LogP contribution is -2.16. The summed E-state index contributed by atoms with van der Waals surface area (Å²) in [5.74, 6) is 2.09. The highest BCUT2D eigenvalue weighted by Gasteiger charge is 2.17. The maximum Gasteiger partial charge on any atom is 0.226 e. The average molecular weight is 477 g/mol. The summed E-state index contributed by atoms with van der Waals surface area (Å²) < 4.78 is 7.33. The van der Waals surface area contributed by atoms with Crippen LogP contribution in [0.4, 0.5) is 5.82 Å². The van der Waals surface area contributed by atoms with Gasteiger partial charge in [-0.05, 0) is 29.7 Å². The first kappa shape index (κ1) is 23.0. The van der Waals surface area contributed by atoms with Crippen LogP contribution in [-0.4, -0.2) is 25.7 Å². The number of rotatable bonds is 7. The molecule has 36 heavy (non-hydrogen) atoms. The second kappa shape index (κ2) is 9.84. The smallest absolute Gasteiger partial charge is 0.226 e. The molecule has 0 spiro atoms. The quantitative estimate of drug-likeness (QED) is 0.325. The minimum Gasteiger partial charge on any atom is -0.441 e. The maximum absolute atomic E-state index is 12.8. The van der Waals surface area contributed by atoms with Crippen LogP contribution in [0.2, 0.25) is 0 Å². The fourth-order valence-electron chi connectivity index (χ4n) is 3.90. The van der Waals surface area contributed by atoms with Gasteiger partial charge in [-0.3, -0.25) is 4.79 Å². The number of carbonyl (C=O) groups excluding carboxylic acids is 1. The van der Waals surface area contributed by atoms with Crippen LogP contribution in [0.15, 0.2) is 77.5 Å². The van der Waals surface area contributed by atoms with E-state index in [1.165, 1.54) is 16.4 Å². The summed E-state index contributed by atoms with van der Waals surface area (Å²) >= 11 is 0.